The predicted octanol–water partition coefficient (Wildman–Crippen LogP) is 4.36. The van der Waals surface area contributed by atoms with E-state index in [-0.39, 0.29) is 11.2 Å². The van der Waals surface area contributed by atoms with E-state index in [0.29, 0.717) is 34.2 Å². The number of aromatic nitrogens is 1. The zero-order chi connectivity index (χ0) is 20.8. The second-order valence-corrected chi connectivity index (χ2v) is 8.03. The fourth-order valence-corrected chi connectivity index (χ4v) is 4.35. The number of thioether (sulfide) groups is 1. The summed E-state index contributed by atoms with van der Waals surface area (Å²) in [5.41, 5.74) is 3.35. The van der Waals surface area contributed by atoms with Crippen LogP contribution in [0.2, 0.25) is 0 Å². The highest BCUT2D eigenvalue weighted by Crippen LogP contribution is 2.33. The van der Waals surface area contributed by atoms with Crippen LogP contribution < -0.4 is 14.8 Å². The third kappa shape index (κ3) is 4.83. The Hall–Kier alpha value is -2.72. The highest BCUT2D eigenvalue weighted by atomic mass is 32.2. The maximum absolute atomic E-state index is 12.9. The van der Waals surface area contributed by atoms with Gasteiger partial charge in [0.1, 0.15) is 22.6 Å². The van der Waals surface area contributed by atoms with E-state index in [2.05, 4.69) is 11.4 Å². The molecule has 0 saturated heterocycles. The molecule has 29 heavy (non-hydrogen) atoms. The van der Waals surface area contributed by atoms with Gasteiger partial charge in [-0.25, -0.2) is 4.98 Å². The highest BCUT2D eigenvalue weighted by Gasteiger charge is 2.23. The first kappa shape index (κ1) is 21.0. The molecule has 152 valence electrons. The summed E-state index contributed by atoms with van der Waals surface area (Å²) in [4.78, 5) is 17.7. The van der Waals surface area contributed by atoms with E-state index in [0.717, 1.165) is 36.9 Å². The Bertz CT molecular complexity index is 940. The molecule has 1 aromatic heterocycles. The number of carbonyl (C=O) groups is 1. The standard InChI is InChI=1S/C22H25N3O3S/c1-4-20(21(26)24-18-10-9-16(27-2)12-19(18)28-3)29-22-15(13-23)11-14-7-5-6-8-17(14)25-22/h9-12,20H,4-8H2,1-3H3,(H,24,26). The van der Waals surface area contributed by atoms with Crippen molar-refractivity contribution >= 4 is 23.4 Å². The molecule has 1 aromatic carbocycles. The number of rotatable bonds is 7. The van der Waals surface area contributed by atoms with Crippen LogP contribution in [-0.4, -0.2) is 30.4 Å². The van der Waals surface area contributed by atoms with E-state index in [1.807, 2.05) is 13.0 Å². The molecule has 1 amide bonds. The zero-order valence-electron chi connectivity index (χ0n) is 16.9. The molecule has 1 unspecified atom stereocenters. The minimum Gasteiger partial charge on any atom is -0.497 e. The second-order valence-electron chi connectivity index (χ2n) is 6.84. The van der Waals surface area contributed by atoms with Crippen LogP contribution in [0.1, 0.15) is 43.0 Å². The summed E-state index contributed by atoms with van der Waals surface area (Å²) >= 11 is 1.35. The van der Waals surface area contributed by atoms with E-state index < -0.39 is 0 Å². The molecule has 0 bridgehead atoms. The van der Waals surface area contributed by atoms with Crippen LogP contribution >= 0.6 is 11.8 Å². The van der Waals surface area contributed by atoms with E-state index in [1.54, 1.807) is 32.4 Å². The van der Waals surface area contributed by atoms with Gasteiger partial charge < -0.3 is 14.8 Å². The number of amides is 1. The lowest BCUT2D eigenvalue weighted by molar-refractivity contribution is -0.115. The van der Waals surface area contributed by atoms with Crippen LogP contribution in [-0.2, 0) is 17.6 Å². The lowest BCUT2D eigenvalue weighted by Crippen LogP contribution is -2.25. The van der Waals surface area contributed by atoms with Gasteiger partial charge in [0, 0.05) is 11.8 Å². The van der Waals surface area contributed by atoms with Gasteiger partial charge in [0.05, 0.1) is 30.7 Å². The van der Waals surface area contributed by atoms with Crippen molar-refractivity contribution in [2.75, 3.05) is 19.5 Å². The number of fused-ring (bicyclic) bond motifs is 1. The van der Waals surface area contributed by atoms with Gasteiger partial charge in [-0.2, -0.15) is 5.26 Å². The van der Waals surface area contributed by atoms with Gasteiger partial charge in [-0.3, -0.25) is 4.79 Å². The summed E-state index contributed by atoms with van der Waals surface area (Å²) < 4.78 is 10.6. The van der Waals surface area contributed by atoms with Crippen molar-refractivity contribution in [2.45, 2.75) is 49.3 Å². The average Bonchev–Trinajstić information content (AvgIpc) is 2.76. The number of aryl methyl sites for hydroxylation is 2. The second kappa shape index (κ2) is 9.66. The smallest absolute Gasteiger partial charge is 0.238 e. The average molecular weight is 412 g/mol. The number of nitriles is 1. The largest absolute Gasteiger partial charge is 0.497 e. The monoisotopic (exact) mass is 411 g/mol. The molecule has 0 radical (unpaired) electrons. The molecule has 6 nitrogen and oxygen atoms in total. The lowest BCUT2D eigenvalue weighted by atomic mass is 9.95. The topological polar surface area (TPSA) is 84.2 Å². The molecular weight excluding hydrogens is 386 g/mol. The van der Waals surface area contributed by atoms with Crippen LogP contribution in [0.25, 0.3) is 0 Å². The summed E-state index contributed by atoms with van der Waals surface area (Å²) in [6.07, 6.45) is 4.76. The summed E-state index contributed by atoms with van der Waals surface area (Å²) in [6, 6.07) is 9.44. The molecule has 3 rings (SSSR count). The molecular formula is C22H25N3O3S. The quantitative estimate of drug-likeness (QED) is 0.682. The number of ether oxygens (including phenoxy) is 2. The predicted molar refractivity (Wildman–Crippen MR) is 114 cm³/mol. The molecule has 0 fully saturated rings. The Kier molecular flexibility index (Phi) is 6.99. The number of pyridine rings is 1. The number of anilines is 1. The Balaban J connectivity index is 1.80. The van der Waals surface area contributed by atoms with Gasteiger partial charge in [-0.05, 0) is 55.9 Å². The summed E-state index contributed by atoms with van der Waals surface area (Å²) in [6.45, 7) is 1.95. The maximum Gasteiger partial charge on any atom is 0.238 e. The van der Waals surface area contributed by atoms with Gasteiger partial charge >= 0.3 is 0 Å². The first-order valence-electron chi connectivity index (χ1n) is 9.72. The van der Waals surface area contributed by atoms with Gasteiger partial charge in [-0.15, -0.1) is 0 Å². The fourth-order valence-electron chi connectivity index (χ4n) is 3.36. The lowest BCUT2D eigenvalue weighted by Gasteiger charge is -2.19. The van der Waals surface area contributed by atoms with Crippen LogP contribution in [0.3, 0.4) is 0 Å². The van der Waals surface area contributed by atoms with E-state index in [1.165, 1.54) is 11.8 Å². The van der Waals surface area contributed by atoms with Crippen molar-refractivity contribution in [1.82, 2.24) is 4.98 Å². The summed E-state index contributed by atoms with van der Waals surface area (Å²) in [5.74, 6) is 1.03. The Morgan fingerprint density at radius 2 is 2.07 bits per heavy atom. The van der Waals surface area contributed by atoms with Crippen molar-refractivity contribution in [3.8, 4) is 17.6 Å². The van der Waals surface area contributed by atoms with E-state index in [4.69, 9.17) is 14.5 Å². The molecule has 0 aliphatic heterocycles. The van der Waals surface area contributed by atoms with Gasteiger partial charge in [0.25, 0.3) is 0 Å². The van der Waals surface area contributed by atoms with Crippen molar-refractivity contribution in [3.05, 3.63) is 41.1 Å². The van der Waals surface area contributed by atoms with Crippen LogP contribution in [0.15, 0.2) is 29.3 Å². The molecule has 1 aliphatic rings. The minimum absolute atomic E-state index is 0.149. The summed E-state index contributed by atoms with van der Waals surface area (Å²) in [7, 11) is 3.13. The molecule has 1 N–H and O–H groups in total. The maximum atomic E-state index is 12.9. The van der Waals surface area contributed by atoms with Gasteiger partial charge in [0.2, 0.25) is 5.91 Å². The Morgan fingerprint density at radius 3 is 2.76 bits per heavy atom. The van der Waals surface area contributed by atoms with Crippen LogP contribution in [0, 0.1) is 11.3 Å². The fraction of sp³-hybridized carbons (Fsp3) is 0.409. The van der Waals surface area contributed by atoms with Crippen molar-refractivity contribution < 1.29 is 14.3 Å². The van der Waals surface area contributed by atoms with E-state index >= 15 is 0 Å². The van der Waals surface area contributed by atoms with Crippen LogP contribution in [0.4, 0.5) is 5.69 Å². The van der Waals surface area contributed by atoms with Crippen molar-refractivity contribution in [2.24, 2.45) is 0 Å². The van der Waals surface area contributed by atoms with Crippen LogP contribution in [0.5, 0.6) is 11.5 Å². The number of nitrogens with one attached hydrogen (secondary N) is 1. The number of carbonyl (C=O) groups excluding carboxylic acids is 1. The first-order valence-corrected chi connectivity index (χ1v) is 10.6. The highest BCUT2D eigenvalue weighted by molar-refractivity contribution is 8.00. The number of benzene rings is 1. The number of hydrogen-bond acceptors (Lipinski definition) is 6. The van der Waals surface area contributed by atoms with E-state index in [9.17, 15) is 10.1 Å². The molecule has 1 atom stereocenters. The van der Waals surface area contributed by atoms with Crippen molar-refractivity contribution in [3.63, 3.8) is 0 Å². The normalized spacial score (nSPS) is 13.7. The first-order chi connectivity index (χ1) is 14.1. The minimum atomic E-state index is -0.372. The molecule has 0 spiro atoms. The zero-order valence-corrected chi connectivity index (χ0v) is 17.8. The molecule has 7 heteroatoms. The Labute approximate surface area is 175 Å². The number of nitrogens with zero attached hydrogens (tertiary/aromatic N) is 2. The van der Waals surface area contributed by atoms with Gasteiger partial charge in [0.15, 0.2) is 0 Å². The number of methoxy groups -OCH3 is 2. The molecule has 1 heterocycles. The Morgan fingerprint density at radius 1 is 1.28 bits per heavy atom. The van der Waals surface area contributed by atoms with Crippen molar-refractivity contribution in [1.29, 1.82) is 5.26 Å². The molecule has 0 saturated carbocycles. The third-order valence-electron chi connectivity index (χ3n) is 4.97. The number of hydrogen-bond donors (Lipinski definition) is 1. The molecule has 1 aliphatic carbocycles. The third-order valence-corrected chi connectivity index (χ3v) is 6.34. The van der Waals surface area contributed by atoms with Gasteiger partial charge in [-0.1, -0.05) is 18.7 Å². The molecule has 2 aromatic rings. The summed E-state index contributed by atoms with van der Waals surface area (Å²) in [5, 5.41) is 12.8. The SMILES string of the molecule is CCC(Sc1nc2c(cc1C#N)CCCC2)C(=O)Nc1ccc(OC)cc1OC.